The Balaban J connectivity index is 1.60. The SMILES string of the molecule is O=C(COc1ccc2cc(Br)ccc2c1Br)NN=Cc1cccc(O)c1. The Bertz CT molecular complexity index is 990. The van der Waals surface area contributed by atoms with E-state index < -0.39 is 0 Å². The van der Waals surface area contributed by atoms with Crippen molar-refractivity contribution in [2.75, 3.05) is 6.61 Å². The van der Waals surface area contributed by atoms with Crippen LogP contribution in [0.5, 0.6) is 11.5 Å². The van der Waals surface area contributed by atoms with Crippen LogP contribution in [0.1, 0.15) is 5.56 Å². The second-order valence-corrected chi connectivity index (χ2v) is 7.13. The molecule has 0 unspecified atom stereocenters. The maximum absolute atomic E-state index is 11.9. The summed E-state index contributed by atoms with van der Waals surface area (Å²) in [5, 5.41) is 15.3. The lowest BCUT2D eigenvalue weighted by atomic mass is 10.1. The quantitative estimate of drug-likeness (QED) is 0.416. The molecule has 132 valence electrons. The van der Waals surface area contributed by atoms with Gasteiger partial charge in [0.1, 0.15) is 11.5 Å². The third-order valence-electron chi connectivity index (χ3n) is 3.51. The predicted octanol–water partition coefficient (Wildman–Crippen LogP) is 4.60. The monoisotopic (exact) mass is 476 g/mol. The maximum atomic E-state index is 11.9. The van der Waals surface area contributed by atoms with Crippen molar-refractivity contribution in [3.05, 3.63) is 69.1 Å². The minimum atomic E-state index is -0.385. The van der Waals surface area contributed by atoms with E-state index in [1.165, 1.54) is 12.3 Å². The number of nitrogens with one attached hydrogen (secondary N) is 1. The van der Waals surface area contributed by atoms with Crippen molar-refractivity contribution in [2.45, 2.75) is 0 Å². The molecule has 0 atom stereocenters. The van der Waals surface area contributed by atoms with E-state index in [4.69, 9.17) is 4.74 Å². The molecular formula is C19H14Br2N2O3. The third kappa shape index (κ3) is 4.62. The molecule has 5 nitrogen and oxygen atoms in total. The number of benzene rings is 3. The third-order valence-corrected chi connectivity index (χ3v) is 4.82. The van der Waals surface area contributed by atoms with E-state index in [-0.39, 0.29) is 18.3 Å². The number of ether oxygens (including phenoxy) is 1. The highest BCUT2D eigenvalue weighted by Gasteiger charge is 2.08. The maximum Gasteiger partial charge on any atom is 0.277 e. The van der Waals surface area contributed by atoms with Crippen molar-refractivity contribution in [2.24, 2.45) is 5.10 Å². The van der Waals surface area contributed by atoms with Crippen molar-refractivity contribution in [3.63, 3.8) is 0 Å². The van der Waals surface area contributed by atoms with Gasteiger partial charge in [-0.15, -0.1) is 0 Å². The summed E-state index contributed by atoms with van der Waals surface area (Å²) in [7, 11) is 0. The standard InChI is InChI=1S/C19H14Br2N2O3/c20-14-5-6-16-13(9-14)4-7-17(19(16)21)26-11-18(25)23-22-10-12-2-1-3-15(24)8-12/h1-10,24H,11H2,(H,23,25). The van der Waals surface area contributed by atoms with Gasteiger partial charge in [-0.2, -0.15) is 5.10 Å². The highest BCUT2D eigenvalue weighted by molar-refractivity contribution is 9.11. The lowest BCUT2D eigenvalue weighted by Gasteiger charge is -2.10. The number of nitrogens with zero attached hydrogens (tertiary/aromatic N) is 1. The zero-order chi connectivity index (χ0) is 18.5. The van der Waals surface area contributed by atoms with Crippen molar-refractivity contribution < 1.29 is 14.6 Å². The van der Waals surface area contributed by atoms with Gasteiger partial charge in [0.2, 0.25) is 0 Å². The first kappa shape index (κ1) is 18.4. The van der Waals surface area contributed by atoms with Crippen molar-refractivity contribution in [3.8, 4) is 11.5 Å². The Kier molecular flexibility index (Phi) is 5.90. The lowest BCUT2D eigenvalue weighted by molar-refractivity contribution is -0.123. The van der Waals surface area contributed by atoms with Gasteiger partial charge in [0.15, 0.2) is 6.61 Å². The molecular weight excluding hydrogens is 464 g/mol. The van der Waals surface area contributed by atoms with Crippen LogP contribution in [0, 0.1) is 0 Å². The van der Waals surface area contributed by atoms with Crippen molar-refractivity contribution in [1.82, 2.24) is 5.43 Å². The molecule has 0 saturated heterocycles. The molecule has 0 aliphatic carbocycles. The number of halogens is 2. The average molecular weight is 478 g/mol. The summed E-state index contributed by atoms with van der Waals surface area (Å²) < 4.78 is 7.36. The normalized spacial score (nSPS) is 11.0. The Morgan fingerprint density at radius 2 is 2.00 bits per heavy atom. The number of carbonyl (C=O) groups is 1. The number of hydrogen-bond donors (Lipinski definition) is 2. The van der Waals surface area contributed by atoms with Gasteiger partial charge in [-0.05, 0) is 62.6 Å². The minimum absolute atomic E-state index is 0.136. The van der Waals surface area contributed by atoms with Gasteiger partial charge in [-0.1, -0.05) is 40.2 Å². The van der Waals surface area contributed by atoms with E-state index in [1.54, 1.807) is 18.2 Å². The molecule has 0 bridgehead atoms. The summed E-state index contributed by atoms with van der Waals surface area (Å²) in [6.07, 6.45) is 1.45. The number of amides is 1. The van der Waals surface area contributed by atoms with E-state index >= 15 is 0 Å². The van der Waals surface area contributed by atoms with Gasteiger partial charge in [-0.25, -0.2) is 5.43 Å². The highest BCUT2D eigenvalue weighted by atomic mass is 79.9. The van der Waals surface area contributed by atoms with E-state index in [0.717, 1.165) is 19.7 Å². The molecule has 1 amide bonds. The van der Waals surface area contributed by atoms with E-state index in [0.29, 0.717) is 11.3 Å². The molecule has 0 spiro atoms. The molecule has 3 aromatic rings. The van der Waals surface area contributed by atoms with Crippen molar-refractivity contribution in [1.29, 1.82) is 0 Å². The molecule has 0 saturated carbocycles. The Morgan fingerprint density at radius 3 is 2.81 bits per heavy atom. The van der Waals surface area contributed by atoms with Gasteiger partial charge in [0.05, 0.1) is 10.7 Å². The van der Waals surface area contributed by atoms with Crippen LogP contribution >= 0.6 is 31.9 Å². The zero-order valence-corrected chi connectivity index (χ0v) is 16.6. The second kappa shape index (κ2) is 8.33. The lowest BCUT2D eigenvalue weighted by Crippen LogP contribution is -2.24. The molecule has 0 radical (unpaired) electrons. The summed E-state index contributed by atoms with van der Waals surface area (Å²) in [6, 6.07) is 16.2. The first-order chi connectivity index (χ1) is 12.5. The van der Waals surface area contributed by atoms with E-state index in [1.807, 2.05) is 30.3 Å². The number of rotatable bonds is 5. The average Bonchev–Trinajstić information content (AvgIpc) is 2.61. The first-order valence-electron chi connectivity index (χ1n) is 7.64. The topological polar surface area (TPSA) is 70.9 Å². The number of hydrazone groups is 1. The predicted molar refractivity (Wildman–Crippen MR) is 109 cm³/mol. The van der Waals surface area contributed by atoms with Gasteiger partial charge in [0.25, 0.3) is 5.91 Å². The molecule has 26 heavy (non-hydrogen) atoms. The fourth-order valence-electron chi connectivity index (χ4n) is 2.31. The second-order valence-electron chi connectivity index (χ2n) is 5.42. The van der Waals surface area contributed by atoms with Gasteiger partial charge in [0, 0.05) is 4.47 Å². The summed E-state index contributed by atoms with van der Waals surface area (Å²) in [5.41, 5.74) is 3.06. The Morgan fingerprint density at radius 1 is 1.15 bits per heavy atom. The number of phenolic OH excluding ortho intramolecular Hbond substituents is 1. The molecule has 0 fully saturated rings. The zero-order valence-electron chi connectivity index (χ0n) is 13.4. The molecule has 2 N–H and O–H groups in total. The summed E-state index contributed by atoms with van der Waals surface area (Å²) in [6.45, 7) is -0.169. The highest BCUT2D eigenvalue weighted by Crippen LogP contribution is 2.34. The fourth-order valence-corrected chi connectivity index (χ4v) is 3.30. The van der Waals surface area contributed by atoms with Crippen LogP contribution in [-0.4, -0.2) is 23.8 Å². The number of aromatic hydroxyl groups is 1. The van der Waals surface area contributed by atoms with Crippen LogP contribution in [0.25, 0.3) is 10.8 Å². The van der Waals surface area contributed by atoms with E-state index in [2.05, 4.69) is 42.4 Å². The molecule has 0 aromatic heterocycles. The fraction of sp³-hybridized carbons (Fsp3) is 0.0526. The molecule has 0 aliphatic heterocycles. The van der Waals surface area contributed by atoms with Gasteiger partial charge in [-0.3, -0.25) is 4.79 Å². The van der Waals surface area contributed by atoms with Crippen LogP contribution in [0.2, 0.25) is 0 Å². The minimum Gasteiger partial charge on any atom is -0.508 e. The van der Waals surface area contributed by atoms with Crippen LogP contribution in [0.15, 0.2) is 68.6 Å². The number of carbonyl (C=O) groups excluding carboxylic acids is 1. The van der Waals surface area contributed by atoms with Crippen LogP contribution < -0.4 is 10.2 Å². The van der Waals surface area contributed by atoms with Crippen LogP contribution in [0.4, 0.5) is 0 Å². The Labute approximate surface area is 166 Å². The molecule has 0 aliphatic rings. The number of hydrogen-bond acceptors (Lipinski definition) is 4. The van der Waals surface area contributed by atoms with Crippen LogP contribution in [-0.2, 0) is 4.79 Å². The summed E-state index contributed by atoms with van der Waals surface area (Å²) in [5.74, 6) is 0.327. The molecule has 7 heteroatoms. The molecule has 0 heterocycles. The van der Waals surface area contributed by atoms with Gasteiger partial charge < -0.3 is 9.84 Å². The smallest absolute Gasteiger partial charge is 0.277 e. The number of fused-ring (bicyclic) bond motifs is 1. The van der Waals surface area contributed by atoms with Crippen molar-refractivity contribution >= 4 is 54.8 Å². The first-order valence-corrected chi connectivity index (χ1v) is 9.23. The van der Waals surface area contributed by atoms with E-state index in [9.17, 15) is 9.90 Å². The number of phenols is 1. The molecule has 3 rings (SSSR count). The Hall–Kier alpha value is -2.38. The molecule has 3 aromatic carbocycles. The van der Waals surface area contributed by atoms with Crippen LogP contribution in [0.3, 0.4) is 0 Å². The van der Waals surface area contributed by atoms with Gasteiger partial charge >= 0.3 is 0 Å². The summed E-state index contributed by atoms with van der Waals surface area (Å²) in [4.78, 5) is 11.9. The summed E-state index contributed by atoms with van der Waals surface area (Å²) >= 11 is 6.96. The largest absolute Gasteiger partial charge is 0.508 e.